The number of anilines is 2. The van der Waals surface area contributed by atoms with Gasteiger partial charge in [-0.15, -0.1) is 0 Å². The summed E-state index contributed by atoms with van der Waals surface area (Å²) in [7, 11) is 0. The molecule has 2 aromatic rings. The Morgan fingerprint density at radius 3 is 2.63 bits per heavy atom. The van der Waals surface area contributed by atoms with Gasteiger partial charge in [-0.05, 0) is 37.3 Å². The van der Waals surface area contributed by atoms with Gasteiger partial charge in [0.1, 0.15) is 5.75 Å². The number of nitriles is 1. The molecule has 0 heterocycles. The monoisotopic (exact) mass is 272 g/mol. The van der Waals surface area contributed by atoms with E-state index in [0.29, 0.717) is 17.1 Å². The highest BCUT2D eigenvalue weighted by atomic mass is 35.5. The maximum atomic E-state index is 9.55. The molecular weight excluding hydrogens is 260 g/mol. The molecule has 0 unspecified atom stereocenters. The Kier molecular flexibility index (Phi) is 3.94. The van der Waals surface area contributed by atoms with Crippen molar-refractivity contribution in [3.05, 3.63) is 53.1 Å². The topological polar surface area (TPSA) is 47.3 Å². The van der Waals surface area contributed by atoms with Gasteiger partial charge in [0.15, 0.2) is 0 Å². The highest BCUT2D eigenvalue weighted by Crippen LogP contribution is 2.33. The second-order valence-corrected chi connectivity index (χ2v) is 4.45. The molecule has 0 amide bonds. The molecule has 0 fully saturated rings. The number of hydrogen-bond acceptors (Lipinski definition) is 3. The maximum Gasteiger partial charge on any atom is 0.117 e. The molecule has 0 saturated heterocycles. The average molecular weight is 273 g/mol. The van der Waals surface area contributed by atoms with Crippen molar-refractivity contribution in [1.82, 2.24) is 0 Å². The molecule has 19 heavy (non-hydrogen) atoms. The summed E-state index contributed by atoms with van der Waals surface area (Å²) in [5.74, 6) is 0.209. The largest absolute Gasteiger partial charge is 0.508 e. The Bertz CT molecular complexity index is 634. The molecule has 0 aliphatic heterocycles. The van der Waals surface area contributed by atoms with Gasteiger partial charge in [0.05, 0.1) is 22.3 Å². The van der Waals surface area contributed by atoms with Crippen LogP contribution >= 0.6 is 11.6 Å². The quantitative estimate of drug-likeness (QED) is 0.916. The number of hydrogen-bond donors (Lipinski definition) is 1. The van der Waals surface area contributed by atoms with Crippen LogP contribution in [0.3, 0.4) is 0 Å². The summed E-state index contributed by atoms with van der Waals surface area (Å²) >= 11 is 6.22. The van der Waals surface area contributed by atoms with E-state index < -0.39 is 0 Å². The zero-order chi connectivity index (χ0) is 13.8. The average Bonchev–Trinajstić information content (AvgIpc) is 2.41. The molecule has 0 aliphatic rings. The van der Waals surface area contributed by atoms with Crippen molar-refractivity contribution in [1.29, 1.82) is 5.26 Å². The highest BCUT2D eigenvalue weighted by Gasteiger charge is 2.12. The molecule has 0 saturated carbocycles. The molecule has 3 nitrogen and oxygen atoms in total. The number of nitrogens with zero attached hydrogens (tertiary/aromatic N) is 2. The van der Waals surface area contributed by atoms with E-state index in [9.17, 15) is 5.11 Å². The van der Waals surface area contributed by atoms with Gasteiger partial charge in [-0.25, -0.2) is 0 Å². The smallest absolute Gasteiger partial charge is 0.117 e. The molecule has 0 bridgehead atoms. The molecule has 0 radical (unpaired) electrons. The minimum Gasteiger partial charge on any atom is -0.508 e. The number of rotatable bonds is 3. The van der Waals surface area contributed by atoms with Crippen LogP contribution < -0.4 is 4.90 Å². The Hall–Kier alpha value is -2.18. The highest BCUT2D eigenvalue weighted by molar-refractivity contribution is 6.33. The van der Waals surface area contributed by atoms with Crippen LogP contribution in [-0.4, -0.2) is 11.7 Å². The van der Waals surface area contributed by atoms with Crippen molar-refractivity contribution in [2.45, 2.75) is 6.92 Å². The second kappa shape index (κ2) is 5.64. The fourth-order valence-corrected chi connectivity index (χ4v) is 2.23. The Labute approximate surface area is 117 Å². The lowest BCUT2D eigenvalue weighted by atomic mass is 10.2. The van der Waals surface area contributed by atoms with Crippen LogP contribution in [0.2, 0.25) is 5.02 Å². The van der Waals surface area contributed by atoms with Crippen LogP contribution in [0.5, 0.6) is 5.75 Å². The number of halogens is 1. The maximum absolute atomic E-state index is 9.55. The summed E-state index contributed by atoms with van der Waals surface area (Å²) in [5, 5.41) is 18.9. The molecule has 4 heteroatoms. The summed E-state index contributed by atoms with van der Waals surface area (Å²) < 4.78 is 0. The van der Waals surface area contributed by atoms with Crippen LogP contribution in [0.25, 0.3) is 0 Å². The van der Waals surface area contributed by atoms with E-state index in [1.807, 2.05) is 24.0 Å². The first-order valence-electron chi connectivity index (χ1n) is 5.92. The SMILES string of the molecule is CCN(c1cccc(O)c1)c1ccc(C#N)cc1Cl. The van der Waals surface area contributed by atoms with E-state index in [2.05, 4.69) is 6.07 Å². The standard InChI is InChI=1S/C15H13ClN2O/c1-2-18(12-4-3-5-13(19)9-12)15-7-6-11(10-17)8-14(15)16/h3-9,19H,2H2,1H3. The summed E-state index contributed by atoms with van der Waals surface area (Å²) in [6, 6.07) is 14.2. The molecule has 0 spiro atoms. The van der Waals surface area contributed by atoms with Crippen molar-refractivity contribution in [2.24, 2.45) is 0 Å². The Morgan fingerprint density at radius 1 is 1.26 bits per heavy atom. The third kappa shape index (κ3) is 2.81. The third-order valence-corrected chi connectivity index (χ3v) is 3.13. The molecular formula is C15H13ClN2O. The zero-order valence-electron chi connectivity index (χ0n) is 10.5. The first kappa shape index (κ1) is 13.3. The van der Waals surface area contributed by atoms with Gasteiger partial charge >= 0.3 is 0 Å². The lowest BCUT2D eigenvalue weighted by Crippen LogP contribution is -2.16. The van der Waals surface area contributed by atoms with Crippen LogP contribution in [0, 0.1) is 11.3 Å². The number of phenolic OH excluding ortho intramolecular Hbond substituents is 1. The van der Waals surface area contributed by atoms with Crippen molar-refractivity contribution >= 4 is 23.0 Å². The van der Waals surface area contributed by atoms with Gasteiger partial charge in [0, 0.05) is 18.3 Å². The first-order valence-corrected chi connectivity index (χ1v) is 6.29. The molecule has 0 aliphatic carbocycles. The molecule has 0 atom stereocenters. The lowest BCUT2D eigenvalue weighted by Gasteiger charge is -2.24. The van der Waals surface area contributed by atoms with Crippen LogP contribution in [0.15, 0.2) is 42.5 Å². The van der Waals surface area contributed by atoms with Crippen molar-refractivity contribution < 1.29 is 5.11 Å². The van der Waals surface area contributed by atoms with Crippen LogP contribution in [0.1, 0.15) is 12.5 Å². The summed E-state index contributed by atoms with van der Waals surface area (Å²) in [6.07, 6.45) is 0. The van der Waals surface area contributed by atoms with Crippen LogP contribution in [0.4, 0.5) is 11.4 Å². The summed E-state index contributed by atoms with van der Waals surface area (Å²) in [4.78, 5) is 1.98. The molecule has 1 N–H and O–H groups in total. The second-order valence-electron chi connectivity index (χ2n) is 4.04. The van der Waals surface area contributed by atoms with Crippen molar-refractivity contribution in [3.63, 3.8) is 0 Å². The van der Waals surface area contributed by atoms with E-state index in [0.717, 1.165) is 11.4 Å². The zero-order valence-corrected chi connectivity index (χ0v) is 11.2. The normalized spacial score (nSPS) is 9.95. The van der Waals surface area contributed by atoms with Gasteiger partial charge in [0.2, 0.25) is 0 Å². The van der Waals surface area contributed by atoms with E-state index in [1.54, 1.807) is 30.3 Å². The third-order valence-electron chi connectivity index (χ3n) is 2.83. The van der Waals surface area contributed by atoms with Crippen LogP contribution in [-0.2, 0) is 0 Å². The van der Waals surface area contributed by atoms with Gasteiger partial charge in [0.25, 0.3) is 0 Å². The number of phenols is 1. The van der Waals surface area contributed by atoms with Gasteiger partial charge < -0.3 is 10.0 Å². The molecule has 2 aromatic carbocycles. The van der Waals surface area contributed by atoms with E-state index in [4.69, 9.17) is 16.9 Å². The van der Waals surface area contributed by atoms with E-state index >= 15 is 0 Å². The first-order chi connectivity index (χ1) is 9.15. The Balaban J connectivity index is 2.46. The van der Waals surface area contributed by atoms with Gasteiger partial charge in [-0.2, -0.15) is 5.26 Å². The molecule has 96 valence electrons. The van der Waals surface area contributed by atoms with Gasteiger partial charge in [-0.1, -0.05) is 17.7 Å². The predicted octanol–water partition coefficient (Wildman–Crippen LogP) is 4.08. The Morgan fingerprint density at radius 2 is 2.05 bits per heavy atom. The minimum absolute atomic E-state index is 0.209. The fraction of sp³-hybridized carbons (Fsp3) is 0.133. The van der Waals surface area contributed by atoms with Crippen molar-refractivity contribution in [3.8, 4) is 11.8 Å². The lowest BCUT2D eigenvalue weighted by molar-refractivity contribution is 0.475. The number of benzene rings is 2. The summed E-state index contributed by atoms with van der Waals surface area (Å²) in [6.45, 7) is 2.70. The van der Waals surface area contributed by atoms with Gasteiger partial charge in [-0.3, -0.25) is 0 Å². The number of aromatic hydroxyl groups is 1. The predicted molar refractivity (Wildman–Crippen MR) is 77.0 cm³/mol. The minimum atomic E-state index is 0.209. The van der Waals surface area contributed by atoms with E-state index in [1.165, 1.54) is 0 Å². The molecule has 2 rings (SSSR count). The molecule has 0 aromatic heterocycles. The fourth-order valence-electron chi connectivity index (χ4n) is 1.95. The summed E-state index contributed by atoms with van der Waals surface area (Å²) in [5.41, 5.74) is 2.20. The van der Waals surface area contributed by atoms with Crippen molar-refractivity contribution in [2.75, 3.05) is 11.4 Å². The van der Waals surface area contributed by atoms with E-state index in [-0.39, 0.29) is 5.75 Å².